The zero-order valence-corrected chi connectivity index (χ0v) is 8.75. The number of nitrogens with zero attached hydrogens (tertiary/aromatic N) is 1. The van der Waals surface area contributed by atoms with Crippen molar-refractivity contribution < 1.29 is 13.3 Å². The summed E-state index contributed by atoms with van der Waals surface area (Å²) in [5.74, 6) is 0. The van der Waals surface area contributed by atoms with Crippen molar-refractivity contribution in [3.05, 3.63) is 27.3 Å². The number of anilines is 1. The molecule has 0 unspecified atom stereocenters. The molecule has 9 heteroatoms. The van der Waals surface area contributed by atoms with Gasteiger partial charge in [0.15, 0.2) is 0 Å². The van der Waals surface area contributed by atoms with Crippen LogP contribution in [0.25, 0.3) is 0 Å². The van der Waals surface area contributed by atoms with Crippen LogP contribution in [0.5, 0.6) is 0 Å². The lowest BCUT2D eigenvalue weighted by molar-refractivity contribution is -0.384. The van der Waals surface area contributed by atoms with Crippen LogP contribution in [0.3, 0.4) is 0 Å². The molecule has 0 aliphatic heterocycles. The summed E-state index contributed by atoms with van der Waals surface area (Å²) < 4.78 is 22.0. The van der Waals surface area contributed by atoms with E-state index in [1.54, 1.807) is 0 Å². The summed E-state index contributed by atoms with van der Waals surface area (Å²) in [4.78, 5) is 9.09. The molecule has 7 nitrogen and oxygen atoms in total. The summed E-state index contributed by atoms with van der Waals surface area (Å²) in [7, 11) is -4.13. The minimum Gasteiger partial charge on any atom is -0.392 e. The van der Waals surface area contributed by atoms with Gasteiger partial charge in [-0.2, -0.15) is 0 Å². The van der Waals surface area contributed by atoms with Gasteiger partial charge in [-0.25, -0.2) is 13.6 Å². The first-order chi connectivity index (χ1) is 6.73. The van der Waals surface area contributed by atoms with E-state index in [1.807, 2.05) is 0 Å². The lowest BCUT2D eigenvalue weighted by Crippen LogP contribution is -2.15. The highest BCUT2D eigenvalue weighted by molar-refractivity contribution is 7.89. The third kappa shape index (κ3) is 2.35. The molecule has 0 heterocycles. The van der Waals surface area contributed by atoms with Crippen molar-refractivity contribution in [1.82, 2.24) is 0 Å². The van der Waals surface area contributed by atoms with E-state index in [2.05, 4.69) is 0 Å². The summed E-state index contributed by atoms with van der Waals surface area (Å²) in [6, 6.07) is 1.91. The Labute approximate surface area is 89.8 Å². The second kappa shape index (κ2) is 3.65. The molecule has 0 saturated carbocycles. The molecule has 0 radical (unpaired) electrons. The van der Waals surface area contributed by atoms with Crippen LogP contribution in [0.4, 0.5) is 11.4 Å². The average Bonchev–Trinajstić information content (AvgIpc) is 2.06. The van der Waals surface area contributed by atoms with Gasteiger partial charge in [0.05, 0.1) is 4.92 Å². The summed E-state index contributed by atoms with van der Waals surface area (Å²) in [6.45, 7) is 0. The standard InChI is InChI=1S/C6H6ClN3O4S/c7-3-1-4(10(11)12)6(8)5(2-3)15(9,13)14/h1-2H,8H2,(H2,9,13,14). The third-order valence-electron chi connectivity index (χ3n) is 1.59. The Balaban J connectivity index is 3.63. The van der Waals surface area contributed by atoms with Crippen LogP contribution in [-0.4, -0.2) is 13.3 Å². The van der Waals surface area contributed by atoms with E-state index >= 15 is 0 Å². The van der Waals surface area contributed by atoms with Crippen molar-refractivity contribution in [2.75, 3.05) is 5.73 Å². The molecule has 0 aliphatic rings. The van der Waals surface area contributed by atoms with E-state index in [1.165, 1.54) is 0 Å². The zero-order chi connectivity index (χ0) is 11.8. The largest absolute Gasteiger partial charge is 0.392 e. The molecule has 0 spiro atoms. The number of nitrogen functional groups attached to an aromatic ring is 1. The minimum atomic E-state index is -4.13. The molecule has 0 aromatic heterocycles. The SMILES string of the molecule is Nc1c([N+](=O)[O-])cc(Cl)cc1S(N)(=O)=O. The number of nitrogens with two attached hydrogens (primary N) is 2. The summed E-state index contributed by atoms with van der Waals surface area (Å²) in [5.41, 5.74) is 4.17. The monoisotopic (exact) mass is 251 g/mol. The fraction of sp³-hybridized carbons (Fsp3) is 0. The second-order valence-corrected chi connectivity index (χ2v) is 4.61. The quantitative estimate of drug-likeness (QED) is 0.448. The van der Waals surface area contributed by atoms with Gasteiger partial charge in [0.2, 0.25) is 10.0 Å². The minimum absolute atomic E-state index is 0.125. The molecule has 0 bridgehead atoms. The first kappa shape index (κ1) is 11.7. The molecule has 1 rings (SSSR count). The lowest BCUT2D eigenvalue weighted by Gasteiger charge is -2.04. The van der Waals surface area contributed by atoms with Crippen LogP contribution >= 0.6 is 11.6 Å². The fourth-order valence-electron chi connectivity index (χ4n) is 0.966. The van der Waals surface area contributed by atoms with Gasteiger partial charge < -0.3 is 5.73 Å². The topological polar surface area (TPSA) is 129 Å². The van der Waals surface area contributed by atoms with Crippen molar-refractivity contribution in [3.63, 3.8) is 0 Å². The van der Waals surface area contributed by atoms with Crippen LogP contribution in [0.15, 0.2) is 17.0 Å². The summed E-state index contributed by atoms with van der Waals surface area (Å²) >= 11 is 5.49. The molecule has 0 atom stereocenters. The number of nitro groups is 1. The lowest BCUT2D eigenvalue weighted by atomic mass is 10.3. The van der Waals surface area contributed by atoms with E-state index in [9.17, 15) is 18.5 Å². The van der Waals surface area contributed by atoms with Gasteiger partial charge in [0, 0.05) is 11.1 Å². The van der Waals surface area contributed by atoms with E-state index in [0.717, 1.165) is 12.1 Å². The summed E-state index contributed by atoms with van der Waals surface area (Å²) in [6.07, 6.45) is 0. The van der Waals surface area contributed by atoms with Gasteiger partial charge in [-0.1, -0.05) is 11.6 Å². The number of halogens is 1. The van der Waals surface area contributed by atoms with E-state index < -0.39 is 31.2 Å². The maximum atomic E-state index is 11.0. The van der Waals surface area contributed by atoms with Crippen molar-refractivity contribution in [3.8, 4) is 0 Å². The Hall–Kier alpha value is -1.38. The van der Waals surface area contributed by atoms with E-state index in [-0.39, 0.29) is 5.02 Å². The summed E-state index contributed by atoms with van der Waals surface area (Å²) in [5, 5.41) is 15.2. The molecular formula is C6H6ClN3O4S. The second-order valence-electron chi connectivity index (χ2n) is 2.64. The number of rotatable bonds is 2. The zero-order valence-electron chi connectivity index (χ0n) is 7.18. The van der Waals surface area contributed by atoms with Gasteiger partial charge >= 0.3 is 0 Å². The number of primary sulfonamides is 1. The van der Waals surface area contributed by atoms with Gasteiger partial charge in [-0.3, -0.25) is 10.1 Å². The molecule has 1 aromatic carbocycles. The number of sulfonamides is 1. The fourth-order valence-corrected chi connectivity index (χ4v) is 1.95. The van der Waals surface area contributed by atoms with Crippen LogP contribution < -0.4 is 10.9 Å². The molecule has 1 aromatic rings. The Bertz CT molecular complexity index is 527. The number of hydrogen-bond donors (Lipinski definition) is 2. The van der Waals surface area contributed by atoms with Gasteiger partial charge in [-0.05, 0) is 6.07 Å². The van der Waals surface area contributed by atoms with Crippen LogP contribution in [0.2, 0.25) is 5.02 Å². The molecule has 0 amide bonds. The Kier molecular flexibility index (Phi) is 2.84. The van der Waals surface area contributed by atoms with Crippen molar-refractivity contribution in [1.29, 1.82) is 0 Å². The molecule has 82 valence electrons. The smallest absolute Gasteiger partial charge is 0.295 e. The highest BCUT2D eigenvalue weighted by Crippen LogP contribution is 2.31. The van der Waals surface area contributed by atoms with E-state index in [0.29, 0.717) is 0 Å². The molecule has 4 N–H and O–H groups in total. The number of nitro benzene ring substituents is 1. The van der Waals surface area contributed by atoms with Crippen molar-refractivity contribution in [2.45, 2.75) is 4.90 Å². The maximum absolute atomic E-state index is 11.0. The van der Waals surface area contributed by atoms with Crippen LogP contribution in [0.1, 0.15) is 0 Å². The molecule has 0 aliphatic carbocycles. The third-order valence-corrected chi connectivity index (χ3v) is 2.76. The van der Waals surface area contributed by atoms with Gasteiger partial charge in [-0.15, -0.1) is 0 Å². The van der Waals surface area contributed by atoms with Crippen LogP contribution in [-0.2, 0) is 10.0 Å². The predicted molar refractivity (Wildman–Crippen MR) is 53.9 cm³/mol. The predicted octanol–water partition coefficient (Wildman–Crippen LogP) is 0.478. The van der Waals surface area contributed by atoms with Crippen molar-refractivity contribution in [2.24, 2.45) is 5.14 Å². The molecular weight excluding hydrogens is 246 g/mol. The molecule has 0 fully saturated rings. The Morgan fingerprint density at radius 3 is 2.33 bits per heavy atom. The highest BCUT2D eigenvalue weighted by Gasteiger charge is 2.22. The maximum Gasteiger partial charge on any atom is 0.295 e. The van der Waals surface area contributed by atoms with Crippen molar-refractivity contribution >= 4 is 33.0 Å². The average molecular weight is 252 g/mol. The molecule has 0 saturated heterocycles. The number of hydrogen-bond acceptors (Lipinski definition) is 5. The Morgan fingerprint density at radius 2 is 1.93 bits per heavy atom. The molecule has 15 heavy (non-hydrogen) atoms. The van der Waals surface area contributed by atoms with Gasteiger partial charge in [0.1, 0.15) is 10.6 Å². The van der Waals surface area contributed by atoms with Gasteiger partial charge in [0.25, 0.3) is 5.69 Å². The normalized spacial score (nSPS) is 11.3. The van der Waals surface area contributed by atoms with Crippen LogP contribution in [0, 0.1) is 10.1 Å². The highest BCUT2D eigenvalue weighted by atomic mass is 35.5. The first-order valence-electron chi connectivity index (χ1n) is 3.49. The first-order valence-corrected chi connectivity index (χ1v) is 5.42. The Morgan fingerprint density at radius 1 is 1.40 bits per heavy atom. The van der Waals surface area contributed by atoms with E-state index in [4.69, 9.17) is 22.5 Å². The number of benzene rings is 1.